The lowest BCUT2D eigenvalue weighted by Gasteiger charge is -2.36. The molecule has 0 bridgehead atoms. The minimum Gasteiger partial charge on any atom is -0.468 e. The van der Waals surface area contributed by atoms with Gasteiger partial charge in [0.2, 0.25) is 0 Å². The van der Waals surface area contributed by atoms with Crippen LogP contribution in [-0.2, 0) is 13.0 Å². The maximum Gasteiger partial charge on any atom is 0.164 e. The minimum atomic E-state index is 0.0859. The number of hydrogen-bond donors (Lipinski definition) is 0. The number of ketones is 1. The summed E-state index contributed by atoms with van der Waals surface area (Å²) in [6.45, 7) is 1.67. The summed E-state index contributed by atoms with van der Waals surface area (Å²) in [4.78, 5) is 15.2. The molecule has 4 rings (SSSR count). The van der Waals surface area contributed by atoms with Gasteiger partial charge in [-0.15, -0.1) is 0 Å². The van der Waals surface area contributed by atoms with Crippen molar-refractivity contribution in [3.63, 3.8) is 0 Å². The summed E-state index contributed by atoms with van der Waals surface area (Å²) in [5.74, 6) is 1.13. The second-order valence-electron chi connectivity index (χ2n) is 6.51. The van der Waals surface area contributed by atoms with Crippen LogP contribution in [0.4, 0.5) is 0 Å². The second-order valence-corrected chi connectivity index (χ2v) is 6.51. The lowest BCUT2D eigenvalue weighted by Crippen LogP contribution is -2.36. The van der Waals surface area contributed by atoms with Crippen LogP contribution in [0, 0.1) is 0 Å². The molecule has 1 aliphatic heterocycles. The van der Waals surface area contributed by atoms with Gasteiger partial charge in [-0.1, -0.05) is 54.6 Å². The molecular formula is C22H21NO2. The van der Waals surface area contributed by atoms with Crippen LogP contribution >= 0.6 is 0 Å². The van der Waals surface area contributed by atoms with Crippen molar-refractivity contribution in [2.75, 3.05) is 6.54 Å². The topological polar surface area (TPSA) is 33.5 Å². The van der Waals surface area contributed by atoms with Crippen LogP contribution in [0.15, 0.2) is 77.4 Å². The van der Waals surface area contributed by atoms with Crippen molar-refractivity contribution in [2.24, 2.45) is 0 Å². The highest BCUT2D eigenvalue weighted by Gasteiger charge is 2.29. The van der Waals surface area contributed by atoms with Crippen molar-refractivity contribution in [3.05, 3.63) is 95.4 Å². The fourth-order valence-electron chi connectivity index (χ4n) is 3.65. The number of rotatable bonds is 5. The quantitative estimate of drug-likeness (QED) is 0.638. The molecule has 25 heavy (non-hydrogen) atoms. The Balaban J connectivity index is 1.62. The summed E-state index contributed by atoms with van der Waals surface area (Å²) in [5.41, 5.74) is 3.40. The van der Waals surface area contributed by atoms with Crippen molar-refractivity contribution >= 4 is 5.78 Å². The molecule has 0 aliphatic carbocycles. The molecule has 2 aromatic carbocycles. The van der Waals surface area contributed by atoms with Crippen molar-refractivity contribution < 1.29 is 9.21 Å². The van der Waals surface area contributed by atoms with Crippen LogP contribution in [0.25, 0.3) is 0 Å². The van der Waals surface area contributed by atoms with Crippen molar-refractivity contribution in [3.8, 4) is 0 Å². The summed E-state index contributed by atoms with van der Waals surface area (Å²) in [6.07, 6.45) is 3.20. The van der Waals surface area contributed by atoms with Gasteiger partial charge >= 0.3 is 0 Å². The molecule has 3 heteroatoms. The van der Waals surface area contributed by atoms with E-state index in [0.717, 1.165) is 30.8 Å². The molecule has 126 valence electrons. The van der Waals surface area contributed by atoms with Crippen LogP contribution in [0.5, 0.6) is 0 Å². The number of furan rings is 1. The number of nitrogens with zero attached hydrogens (tertiary/aromatic N) is 1. The van der Waals surface area contributed by atoms with Gasteiger partial charge in [0.25, 0.3) is 0 Å². The first-order valence-electron chi connectivity index (χ1n) is 8.74. The number of carbonyl (C=O) groups is 1. The molecular weight excluding hydrogens is 310 g/mol. The molecule has 0 N–H and O–H groups in total. The van der Waals surface area contributed by atoms with Gasteiger partial charge in [-0.3, -0.25) is 9.69 Å². The Bertz CT molecular complexity index is 839. The van der Waals surface area contributed by atoms with Gasteiger partial charge in [0.15, 0.2) is 5.78 Å². The Hall–Kier alpha value is -2.65. The van der Waals surface area contributed by atoms with E-state index in [1.54, 1.807) is 6.26 Å². The summed E-state index contributed by atoms with van der Waals surface area (Å²) in [5, 5.41) is 0. The van der Waals surface area contributed by atoms with Crippen LogP contribution in [0.3, 0.4) is 0 Å². The first-order valence-corrected chi connectivity index (χ1v) is 8.74. The van der Waals surface area contributed by atoms with Crippen molar-refractivity contribution in [1.82, 2.24) is 4.90 Å². The molecule has 0 radical (unpaired) electrons. The zero-order valence-electron chi connectivity index (χ0n) is 14.1. The Labute approximate surface area is 147 Å². The van der Waals surface area contributed by atoms with Gasteiger partial charge in [-0.05, 0) is 29.7 Å². The first-order chi connectivity index (χ1) is 12.3. The zero-order chi connectivity index (χ0) is 17.1. The zero-order valence-corrected chi connectivity index (χ0v) is 14.1. The van der Waals surface area contributed by atoms with Gasteiger partial charge in [-0.25, -0.2) is 0 Å². The fourth-order valence-corrected chi connectivity index (χ4v) is 3.65. The third kappa shape index (κ3) is 3.42. The standard InChI is InChI=1S/C22H21NO2/c24-22(18-8-2-1-3-9-18)15-21-20-11-5-4-7-17(20)12-13-23(21)16-19-10-6-14-25-19/h1-11,14,21H,12-13,15-16H2. The Morgan fingerprint density at radius 3 is 2.60 bits per heavy atom. The van der Waals surface area contributed by atoms with Gasteiger partial charge in [0, 0.05) is 24.6 Å². The Kier molecular flexibility index (Phi) is 4.49. The Morgan fingerprint density at radius 2 is 1.80 bits per heavy atom. The molecule has 1 aromatic heterocycles. The van der Waals surface area contributed by atoms with E-state index in [2.05, 4.69) is 29.2 Å². The lowest BCUT2D eigenvalue weighted by atomic mass is 9.88. The number of hydrogen-bond acceptors (Lipinski definition) is 3. The van der Waals surface area contributed by atoms with Crippen LogP contribution in [0.2, 0.25) is 0 Å². The number of Topliss-reactive ketones (excluding diaryl/α,β-unsaturated/α-hetero) is 1. The average Bonchev–Trinajstić information content (AvgIpc) is 3.17. The summed E-state index contributed by atoms with van der Waals surface area (Å²) >= 11 is 0. The van der Waals surface area contributed by atoms with E-state index in [9.17, 15) is 4.79 Å². The molecule has 0 saturated heterocycles. The second kappa shape index (κ2) is 7.08. The smallest absolute Gasteiger partial charge is 0.164 e. The van der Waals surface area contributed by atoms with E-state index < -0.39 is 0 Å². The summed E-state index contributed by atoms with van der Waals surface area (Å²) in [6, 6.07) is 22.1. The SMILES string of the molecule is O=C(CC1c2ccccc2CCN1Cc1ccco1)c1ccccc1. The third-order valence-electron chi connectivity index (χ3n) is 4.94. The maximum atomic E-state index is 12.8. The molecule has 2 heterocycles. The minimum absolute atomic E-state index is 0.0859. The fraction of sp³-hybridized carbons (Fsp3) is 0.227. The van der Waals surface area contributed by atoms with Gasteiger partial charge in [0.1, 0.15) is 5.76 Å². The lowest BCUT2D eigenvalue weighted by molar-refractivity contribution is 0.0889. The van der Waals surface area contributed by atoms with Crippen LogP contribution < -0.4 is 0 Å². The molecule has 1 aliphatic rings. The summed E-state index contributed by atoms with van der Waals surface area (Å²) < 4.78 is 5.54. The molecule has 0 spiro atoms. The highest BCUT2D eigenvalue weighted by molar-refractivity contribution is 5.96. The van der Waals surface area contributed by atoms with Crippen molar-refractivity contribution in [1.29, 1.82) is 0 Å². The molecule has 1 unspecified atom stereocenters. The highest BCUT2D eigenvalue weighted by Crippen LogP contribution is 2.34. The highest BCUT2D eigenvalue weighted by atomic mass is 16.3. The van der Waals surface area contributed by atoms with E-state index in [1.807, 2.05) is 42.5 Å². The summed E-state index contributed by atoms with van der Waals surface area (Å²) in [7, 11) is 0. The first kappa shape index (κ1) is 15.9. The number of benzene rings is 2. The van der Waals surface area contributed by atoms with Gasteiger partial charge in [-0.2, -0.15) is 0 Å². The van der Waals surface area contributed by atoms with E-state index >= 15 is 0 Å². The van der Waals surface area contributed by atoms with E-state index in [0.29, 0.717) is 6.42 Å². The predicted octanol–water partition coefficient (Wildman–Crippen LogP) is 4.65. The average molecular weight is 331 g/mol. The molecule has 0 saturated carbocycles. The molecule has 3 nitrogen and oxygen atoms in total. The normalized spacial score (nSPS) is 17.2. The van der Waals surface area contributed by atoms with Crippen molar-refractivity contribution in [2.45, 2.75) is 25.4 Å². The molecule has 1 atom stereocenters. The van der Waals surface area contributed by atoms with Crippen LogP contribution in [-0.4, -0.2) is 17.2 Å². The molecule has 0 amide bonds. The molecule has 0 fully saturated rings. The largest absolute Gasteiger partial charge is 0.468 e. The predicted molar refractivity (Wildman–Crippen MR) is 97.4 cm³/mol. The van der Waals surface area contributed by atoms with E-state index in [4.69, 9.17) is 4.42 Å². The molecule has 3 aromatic rings. The maximum absolute atomic E-state index is 12.8. The Morgan fingerprint density at radius 1 is 1.00 bits per heavy atom. The van der Waals surface area contributed by atoms with Gasteiger partial charge in [0.05, 0.1) is 12.8 Å². The van der Waals surface area contributed by atoms with E-state index in [1.165, 1.54) is 11.1 Å². The number of carbonyl (C=O) groups excluding carboxylic acids is 1. The number of fused-ring (bicyclic) bond motifs is 1. The third-order valence-corrected chi connectivity index (χ3v) is 4.94. The monoisotopic (exact) mass is 331 g/mol. The van der Waals surface area contributed by atoms with E-state index in [-0.39, 0.29) is 11.8 Å². The van der Waals surface area contributed by atoms with Crippen LogP contribution in [0.1, 0.15) is 39.7 Å². The van der Waals surface area contributed by atoms with Gasteiger partial charge < -0.3 is 4.42 Å².